The van der Waals surface area contributed by atoms with Crippen LogP contribution in [-0.4, -0.2) is 47.4 Å². The largest absolute Gasteiger partial charge is 0.466 e. The molecule has 3 N–H and O–H groups in total. The summed E-state index contributed by atoms with van der Waals surface area (Å²) in [4.78, 5) is 24.5. The number of amides is 1. The van der Waals surface area contributed by atoms with Crippen LogP contribution < -0.4 is 5.32 Å². The molecule has 0 aromatic heterocycles. The van der Waals surface area contributed by atoms with Crippen LogP contribution in [0.25, 0.3) is 0 Å². The summed E-state index contributed by atoms with van der Waals surface area (Å²) in [5.41, 5.74) is 0. The second-order valence-electron chi connectivity index (χ2n) is 22.8. The summed E-state index contributed by atoms with van der Waals surface area (Å²) in [6.45, 7) is 4.92. The summed E-state index contributed by atoms with van der Waals surface area (Å²) in [5.74, 6) is -0.0468. The van der Waals surface area contributed by atoms with Crippen molar-refractivity contribution in [3.63, 3.8) is 0 Å². The summed E-state index contributed by atoms with van der Waals surface area (Å²) in [5, 5.41) is 23.1. The van der Waals surface area contributed by atoms with Gasteiger partial charge in [-0.15, -0.1) is 0 Å². The molecule has 2 atom stereocenters. The lowest BCUT2D eigenvalue weighted by Gasteiger charge is -2.20. The Balaban J connectivity index is 3.37. The number of aliphatic hydroxyl groups excluding tert-OH is 2. The molecule has 6 heteroatoms. The van der Waals surface area contributed by atoms with Crippen LogP contribution in [0.4, 0.5) is 0 Å². The predicted molar refractivity (Wildman–Crippen MR) is 320 cm³/mol. The Morgan fingerprint density at radius 2 is 0.644 bits per heavy atom. The first-order valence-corrected chi connectivity index (χ1v) is 33.1. The maximum atomic E-state index is 12.5. The number of unbranched alkanes of at least 4 members (excludes halogenated alkanes) is 49. The van der Waals surface area contributed by atoms with E-state index in [2.05, 4.69) is 31.3 Å². The van der Waals surface area contributed by atoms with E-state index in [1.54, 1.807) is 6.08 Å². The zero-order valence-corrected chi connectivity index (χ0v) is 49.4. The molecule has 0 aliphatic carbocycles. The number of hydrogen-bond donors (Lipinski definition) is 3. The molecule has 0 spiro atoms. The van der Waals surface area contributed by atoms with Crippen molar-refractivity contribution < 1.29 is 24.5 Å². The van der Waals surface area contributed by atoms with Crippen molar-refractivity contribution in [1.29, 1.82) is 0 Å². The Kier molecular flexibility index (Phi) is 61.4. The maximum Gasteiger partial charge on any atom is 0.305 e. The Morgan fingerprint density at radius 1 is 0.370 bits per heavy atom. The highest BCUT2D eigenvalue weighted by Crippen LogP contribution is 2.18. The smallest absolute Gasteiger partial charge is 0.305 e. The lowest BCUT2D eigenvalue weighted by molar-refractivity contribution is -0.143. The van der Waals surface area contributed by atoms with Gasteiger partial charge in [-0.2, -0.15) is 0 Å². The number of carbonyl (C=O) groups excluding carboxylic acids is 2. The van der Waals surface area contributed by atoms with Crippen LogP contribution in [-0.2, 0) is 14.3 Å². The average molecular weight is 1030 g/mol. The van der Waals surface area contributed by atoms with E-state index in [9.17, 15) is 19.8 Å². The van der Waals surface area contributed by atoms with Crippen LogP contribution in [0.1, 0.15) is 367 Å². The Labute approximate surface area is 456 Å². The van der Waals surface area contributed by atoms with Gasteiger partial charge >= 0.3 is 5.97 Å². The van der Waals surface area contributed by atoms with Gasteiger partial charge in [-0.25, -0.2) is 0 Å². The third-order valence-electron chi connectivity index (χ3n) is 15.5. The van der Waals surface area contributed by atoms with E-state index in [1.807, 2.05) is 6.08 Å². The van der Waals surface area contributed by atoms with E-state index in [4.69, 9.17) is 4.74 Å². The van der Waals surface area contributed by atoms with Gasteiger partial charge < -0.3 is 20.3 Å². The molecule has 6 nitrogen and oxygen atoms in total. The molecule has 0 bridgehead atoms. The lowest BCUT2D eigenvalue weighted by atomic mass is 10.0. The Morgan fingerprint density at radius 3 is 0.973 bits per heavy atom. The zero-order valence-electron chi connectivity index (χ0n) is 49.4. The third-order valence-corrected chi connectivity index (χ3v) is 15.5. The number of carbonyl (C=O) groups is 2. The normalized spacial score (nSPS) is 12.7. The highest BCUT2D eigenvalue weighted by Gasteiger charge is 2.18. The van der Waals surface area contributed by atoms with Gasteiger partial charge in [-0.3, -0.25) is 9.59 Å². The first-order chi connectivity index (χ1) is 36.0. The van der Waals surface area contributed by atoms with E-state index in [0.717, 1.165) is 38.5 Å². The molecule has 0 rings (SSSR count). The predicted octanol–water partition coefficient (Wildman–Crippen LogP) is 21.0. The second-order valence-corrected chi connectivity index (χ2v) is 22.8. The molecule has 0 heterocycles. The van der Waals surface area contributed by atoms with E-state index < -0.39 is 12.1 Å². The van der Waals surface area contributed by atoms with E-state index in [0.29, 0.717) is 19.4 Å². The van der Waals surface area contributed by atoms with E-state index >= 15 is 0 Å². The van der Waals surface area contributed by atoms with Gasteiger partial charge in [0.05, 0.1) is 25.4 Å². The summed E-state index contributed by atoms with van der Waals surface area (Å²) < 4.78 is 5.47. The number of aliphatic hydroxyl groups is 2. The highest BCUT2D eigenvalue weighted by atomic mass is 16.5. The molecule has 0 saturated carbocycles. The minimum Gasteiger partial charge on any atom is -0.466 e. The number of hydrogen-bond acceptors (Lipinski definition) is 5. The SMILES string of the molecule is CCCCCCCCCCCCCC/C=C/C(O)C(CO)NC(=O)CCCCCCCCCCCCCCCCC/C=C\CCCCCCCCCCCCCCOC(=O)CCCCCCCCCCCCC. The molecular formula is C67H129NO5. The molecule has 0 aliphatic rings. The molecular weight excluding hydrogens is 899 g/mol. The van der Waals surface area contributed by atoms with Crippen molar-refractivity contribution in [2.45, 2.75) is 379 Å². The van der Waals surface area contributed by atoms with E-state index in [1.165, 1.54) is 302 Å². The van der Waals surface area contributed by atoms with Gasteiger partial charge in [0.2, 0.25) is 5.91 Å². The van der Waals surface area contributed by atoms with Crippen molar-refractivity contribution >= 4 is 11.9 Å². The third kappa shape index (κ3) is 59.4. The van der Waals surface area contributed by atoms with Crippen molar-refractivity contribution in [2.75, 3.05) is 13.2 Å². The fraction of sp³-hybridized carbons (Fsp3) is 0.910. The van der Waals surface area contributed by atoms with Crippen molar-refractivity contribution in [3.8, 4) is 0 Å². The topological polar surface area (TPSA) is 95.9 Å². The maximum absolute atomic E-state index is 12.5. The number of nitrogens with one attached hydrogen (secondary N) is 1. The summed E-state index contributed by atoms with van der Waals surface area (Å²) >= 11 is 0. The molecule has 0 radical (unpaired) electrons. The molecule has 0 saturated heterocycles. The summed E-state index contributed by atoms with van der Waals surface area (Å²) in [6.07, 6.45) is 78.2. The summed E-state index contributed by atoms with van der Waals surface area (Å²) in [7, 11) is 0. The van der Waals surface area contributed by atoms with Gasteiger partial charge in [0.25, 0.3) is 0 Å². The molecule has 0 aliphatic heterocycles. The number of allylic oxidation sites excluding steroid dienone is 3. The Hall–Kier alpha value is -1.66. The molecule has 0 aromatic carbocycles. The van der Waals surface area contributed by atoms with Gasteiger partial charge in [0.1, 0.15) is 0 Å². The fourth-order valence-electron chi connectivity index (χ4n) is 10.4. The Bertz CT molecular complexity index is 1140. The number of ether oxygens (including phenoxy) is 1. The van der Waals surface area contributed by atoms with Crippen LogP contribution in [0.5, 0.6) is 0 Å². The minimum atomic E-state index is -0.842. The van der Waals surface area contributed by atoms with Gasteiger partial charge in [0, 0.05) is 12.8 Å². The fourth-order valence-corrected chi connectivity index (χ4v) is 10.4. The van der Waals surface area contributed by atoms with Crippen LogP contribution in [0.15, 0.2) is 24.3 Å². The number of rotatable bonds is 62. The molecule has 432 valence electrons. The minimum absolute atomic E-state index is 0.0174. The molecule has 1 amide bonds. The first-order valence-electron chi connectivity index (χ1n) is 33.1. The first kappa shape index (κ1) is 71.3. The highest BCUT2D eigenvalue weighted by molar-refractivity contribution is 5.76. The van der Waals surface area contributed by atoms with Crippen LogP contribution >= 0.6 is 0 Å². The standard InChI is InChI=1S/C67H129NO5/c1-3-5-7-9-11-13-15-16-36-40-43-47-51-55-59-65(70)64(63-69)68-66(71)60-56-52-48-44-41-37-34-32-30-28-26-24-22-20-18-17-19-21-23-25-27-29-31-33-35-38-42-46-50-54-58-62-73-67(72)61-57-53-49-45-39-14-12-10-8-6-4-2/h19,21,55,59,64-65,69-70H,3-18,20,22-54,56-58,60-63H2,1-2H3,(H,68,71)/b21-19-,59-55+. The van der Waals surface area contributed by atoms with Gasteiger partial charge in [-0.1, -0.05) is 321 Å². The van der Waals surface area contributed by atoms with Crippen LogP contribution in [0, 0.1) is 0 Å². The van der Waals surface area contributed by atoms with Crippen molar-refractivity contribution in [3.05, 3.63) is 24.3 Å². The van der Waals surface area contributed by atoms with Crippen LogP contribution in [0.3, 0.4) is 0 Å². The molecule has 0 fully saturated rings. The molecule has 73 heavy (non-hydrogen) atoms. The molecule has 0 aromatic rings. The average Bonchev–Trinajstić information content (AvgIpc) is 3.39. The van der Waals surface area contributed by atoms with E-state index in [-0.39, 0.29) is 18.5 Å². The zero-order chi connectivity index (χ0) is 52.9. The quantitative estimate of drug-likeness (QED) is 0.0320. The van der Waals surface area contributed by atoms with Crippen molar-refractivity contribution in [1.82, 2.24) is 5.32 Å². The van der Waals surface area contributed by atoms with Crippen LogP contribution in [0.2, 0.25) is 0 Å². The summed E-state index contributed by atoms with van der Waals surface area (Å²) in [6, 6.07) is -0.625. The monoisotopic (exact) mass is 1030 g/mol. The molecule has 2 unspecified atom stereocenters. The lowest BCUT2D eigenvalue weighted by Crippen LogP contribution is -2.45. The van der Waals surface area contributed by atoms with Gasteiger partial charge in [-0.05, 0) is 57.8 Å². The second kappa shape index (κ2) is 62.9. The number of esters is 1. The van der Waals surface area contributed by atoms with Gasteiger partial charge in [0.15, 0.2) is 0 Å². The van der Waals surface area contributed by atoms with Crippen molar-refractivity contribution in [2.24, 2.45) is 0 Å².